The van der Waals surface area contributed by atoms with Crippen molar-refractivity contribution >= 4 is 38.7 Å². The Balaban J connectivity index is 2.20. The van der Waals surface area contributed by atoms with Crippen molar-refractivity contribution < 1.29 is 0 Å². The Hall–Kier alpha value is -2.79. The minimum atomic E-state index is 0.282. The molecule has 0 saturated carbocycles. The van der Waals surface area contributed by atoms with Gasteiger partial charge in [0.2, 0.25) is 0 Å². The Bertz CT molecular complexity index is 923. The molecule has 0 unspecified atom stereocenters. The minimum Gasteiger partial charge on any atom is -0.380 e. The quantitative estimate of drug-likeness (QED) is 0.700. The summed E-state index contributed by atoms with van der Waals surface area (Å²) in [6, 6.07) is 4.13. The van der Waals surface area contributed by atoms with Gasteiger partial charge in [0.25, 0.3) is 0 Å². The van der Waals surface area contributed by atoms with E-state index in [1.807, 2.05) is 26.8 Å². The molecule has 7 nitrogen and oxygen atoms in total. The Kier molecular flexibility index (Phi) is 3.35. The molecule has 0 saturated heterocycles. The highest BCUT2D eigenvalue weighted by molar-refractivity contribution is 7.19. The molecule has 3 rings (SSSR count). The van der Waals surface area contributed by atoms with Crippen LogP contribution < -0.4 is 5.73 Å². The fraction of sp³-hybridized carbons (Fsp3) is 0.214. The van der Waals surface area contributed by atoms with E-state index in [9.17, 15) is 5.26 Å². The van der Waals surface area contributed by atoms with Crippen LogP contribution in [0.4, 0.5) is 17.2 Å². The zero-order chi connectivity index (χ0) is 15.9. The van der Waals surface area contributed by atoms with Gasteiger partial charge in [0.1, 0.15) is 27.2 Å². The van der Waals surface area contributed by atoms with Crippen LogP contribution in [-0.4, -0.2) is 15.2 Å². The standard InChI is InChI=1S/C14H13N7S/c1-6-4-7(2)17-14-10(6)12(9(5-15)22-14)20-19-11-8(3)18-21-13(11)16/h4H,1-3H3,(H3,16,18,21). The number of nitrogens with zero attached hydrogens (tertiary/aromatic N) is 5. The van der Waals surface area contributed by atoms with Crippen molar-refractivity contribution in [1.29, 1.82) is 5.26 Å². The number of nitrogen functional groups attached to an aromatic ring is 1. The summed E-state index contributed by atoms with van der Waals surface area (Å²) >= 11 is 1.32. The van der Waals surface area contributed by atoms with E-state index in [2.05, 4.69) is 31.5 Å². The van der Waals surface area contributed by atoms with Gasteiger partial charge in [0.05, 0.1) is 5.69 Å². The molecule has 8 heteroatoms. The van der Waals surface area contributed by atoms with E-state index in [-0.39, 0.29) is 5.82 Å². The van der Waals surface area contributed by atoms with E-state index < -0.39 is 0 Å². The SMILES string of the molecule is Cc1cc(C)c2c(N=Nc3c(N)n[nH]c3C)c(C#N)sc2n1. The molecule has 0 aliphatic rings. The summed E-state index contributed by atoms with van der Waals surface area (Å²) in [6.45, 7) is 5.71. The number of pyridine rings is 1. The zero-order valence-corrected chi connectivity index (χ0v) is 13.1. The van der Waals surface area contributed by atoms with Gasteiger partial charge in [0, 0.05) is 11.1 Å². The van der Waals surface area contributed by atoms with Crippen LogP contribution in [-0.2, 0) is 0 Å². The molecular weight excluding hydrogens is 298 g/mol. The van der Waals surface area contributed by atoms with Gasteiger partial charge >= 0.3 is 0 Å². The molecule has 0 aliphatic heterocycles. The first kappa shape index (κ1) is 14.2. The maximum absolute atomic E-state index is 9.33. The second kappa shape index (κ2) is 5.20. The molecule has 110 valence electrons. The summed E-state index contributed by atoms with van der Waals surface area (Å²) in [6.07, 6.45) is 0. The van der Waals surface area contributed by atoms with E-state index in [0.29, 0.717) is 16.3 Å². The molecule has 0 radical (unpaired) electrons. The van der Waals surface area contributed by atoms with Gasteiger partial charge in [-0.2, -0.15) is 10.4 Å². The largest absolute Gasteiger partial charge is 0.380 e. The van der Waals surface area contributed by atoms with Crippen molar-refractivity contribution in [2.24, 2.45) is 10.2 Å². The molecule has 3 aromatic heterocycles. The second-order valence-corrected chi connectivity index (χ2v) is 5.93. The summed E-state index contributed by atoms with van der Waals surface area (Å²) in [5.74, 6) is 0.282. The lowest BCUT2D eigenvalue weighted by atomic mass is 10.1. The number of fused-ring (bicyclic) bond motifs is 1. The van der Waals surface area contributed by atoms with Crippen LogP contribution in [0.25, 0.3) is 10.2 Å². The summed E-state index contributed by atoms with van der Waals surface area (Å²) in [5, 5.41) is 25.2. The summed E-state index contributed by atoms with van der Waals surface area (Å²) in [7, 11) is 0. The third kappa shape index (κ3) is 2.21. The Morgan fingerprint density at radius 2 is 2.00 bits per heavy atom. The number of hydrogen-bond acceptors (Lipinski definition) is 7. The van der Waals surface area contributed by atoms with E-state index >= 15 is 0 Å². The second-order valence-electron chi connectivity index (χ2n) is 4.93. The molecule has 22 heavy (non-hydrogen) atoms. The fourth-order valence-electron chi connectivity index (χ4n) is 2.26. The molecule has 0 aliphatic carbocycles. The third-order valence-electron chi connectivity index (χ3n) is 3.26. The number of hydrogen-bond donors (Lipinski definition) is 2. The average Bonchev–Trinajstić information content (AvgIpc) is 2.97. The van der Waals surface area contributed by atoms with Gasteiger partial charge in [-0.05, 0) is 32.4 Å². The number of anilines is 1. The van der Waals surface area contributed by atoms with Gasteiger partial charge in [-0.25, -0.2) is 4.98 Å². The first-order valence-electron chi connectivity index (χ1n) is 6.54. The first-order chi connectivity index (χ1) is 10.5. The van der Waals surface area contributed by atoms with Gasteiger partial charge < -0.3 is 5.73 Å². The maximum Gasteiger partial charge on any atom is 0.173 e. The highest BCUT2D eigenvalue weighted by Crippen LogP contribution is 2.40. The lowest BCUT2D eigenvalue weighted by molar-refractivity contribution is 1.05. The predicted octanol–water partition coefficient (Wildman–Crippen LogP) is 3.81. The number of aromatic nitrogens is 3. The fourth-order valence-corrected chi connectivity index (χ4v) is 3.29. The molecule has 3 aromatic rings. The number of aryl methyl sites for hydroxylation is 3. The molecule has 0 atom stereocenters. The number of H-pyrrole nitrogens is 1. The van der Waals surface area contributed by atoms with E-state index in [1.54, 1.807) is 0 Å². The maximum atomic E-state index is 9.33. The Morgan fingerprint density at radius 1 is 1.27 bits per heavy atom. The molecule has 0 spiro atoms. The third-order valence-corrected chi connectivity index (χ3v) is 4.23. The highest BCUT2D eigenvalue weighted by Gasteiger charge is 2.16. The van der Waals surface area contributed by atoms with Crippen LogP contribution in [0, 0.1) is 32.1 Å². The van der Waals surface area contributed by atoms with Crippen molar-refractivity contribution in [3.8, 4) is 6.07 Å². The van der Waals surface area contributed by atoms with Crippen molar-refractivity contribution in [3.63, 3.8) is 0 Å². The monoisotopic (exact) mass is 311 g/mol. The summed E-state index contributed by atoms with van der Waals surface area (Å²) in [5.41, 5.74) is 9.42. The average molecular weight is 311 g/mol. The number of aromatic amines is 1. The number of azo groups is 1. The normalized spacial score (nSPS) is 11.4. The van der Waals surface area contributed by atoms with Crippen LogP contribution >= 0.6 is 11.3 Å². The van der Waals surface area contributed by atoms with Crippen molar-refractivity contribution in [2.75, 3.05) is 5.73 Å². The number of nitrogens with one attached hydrogen (secondary N) is 1. The molecule has 0 aromatic carbocycles. The Morgan fingerprint density at radius 3 is 2.64 bits per heavy atom. The molecular formula is C14H13N7S. The number of nitriles is 1. The zero-order valence-electron chi connectivity index (χ0n) is 12.3. The van der Waals surface area contributed by atoms with Gasteiger partial charge in [-0.1, -0.05) is 0 Å². The van der Waals surface area contributed by atoms with Gasteiger partial charge in [-0.3, -0.25) is 5.10 Å². The van der Waals surface area contributed by atoms with Crippen molar-refractivity contribution in [2.45, 2.75) is 20.8 Å². The number of rotatable bonds is 2. The van der Waals surface area contributed by atoms with Gasteiger partial charge in [0.15, 0.2) is 5.82 Å². The lowest BCUT2D eigenvalue weighted by Gasteiger charge is -1.99. The van der Waals surface area contributed by atoms with E-state index in [0.717, 1.165) is 27.2 Å². The smallest absolute Gasteiger partial charge is 0.173 e. The molecule has 0 bridgehead atoms. The van der Waals surface area contributed by atoms with Gasteiger partial charge in [-0.15, -0.1) is 21.6 Å². The lowest BCUT2D eigenvalue weighted by Crippen LogP contribution is -1.84. The predicted molar refractivity (Wildman–Crippen MR) is 85.7 cm³/mol. The molecule has 3 heterocycles. The first-order valence-corrected chi connectivity index (χ1v) is 7.36. The summed E-state index contributed by atoms with van der Waals surface area (Å²) in [4.78, 5) is 5.75. The topological polar surface area (TPSA) is 116 Å². The van der Waals surface area contributed by atoms with Crippen LogP contribution in [0.2, 0.25) is 0 Å². The van der Waals surface area contributed by atoms with Crippen molar-refractivity contribution in [3.05, 3.63) is 27.9 Å². The number of nitrogens with two attached hydrogens (primary N) is 1. The van der Waals surface area contributed by atoms with Crippen LogP contribution in [0.5, 0.6) is 0 Å². The summed E-state index contributed by atoms with van der Waals surface area (Å²) < 4.78 is 0. The highest BCUT2D eigenvalue weighted by atomic mass is 32.1. The van der Waals surface area contributed by atoms with E-state index in [4.69, 9.17) is 5.73 Å². The van der Waals surface area contributed by atoms with Crippen molar-refractivity contribution in [1.82, 2.24) is 15.2 Å². The molecule has 3 N–H and O–H groups in total. The van der Waals surface area contributed by atoms with E-state index in [1.165, 1.54) is 11.3 Å². The molecule has 0 amide bonds. The Labute approximate surface area is 130 Å². The molecule has 0 fully saturated rings. The minimum absolute atomic E-state index is 0.282. The van der Waals surface area contributed by atoms with Crippen LogP contribution in [0.1, 0.15) is 21.8 Å². The number of thiophene rings is 1. The van der Waals surface area contributed by atoms with Crippen LogP contribution in [0.15, 0.2) is 16.3 Å². The van der Waals surface area contributed by atoms with Crippen LogP contribution in [0.3, 0.4) is 0 Å².